The number of nitrogens with zero attached hydrogens (tertiary/aromatic N) is 4. The van der Waals surface area contributed by atoms with Crippen LogP contribution < -0.4 is 5.32 Å². The van der Waals surface area contributed by atoms with Crippen molar-refractivity contribution in [1.29, 1.82) is 0 Å². The van der Waals surface area contributed by atoms with Crippen molar-refractivity contribution in [3.8, 4) is 0 Å². The van der Waals surface area contributed by atoms with Gasteiger partial charge >= 0.3 is 0 Å². The van der Waals surface area contributed by atoms with Gasteiger partial charge in [-0.25, -0.2) is 9.98 Å². The molecule has 2 bridgehead atoms. The highest BCUT2D eigenvalue weighted by Crippen LogP contribution is 2.41. The fraction of sp³-hybridized carbons (Fsp3) is 0.500. The Morgan fingerprint density at radius 1 is 1.30 bits per heavy atom. The van der Waals surface area contributed by atoms with Gasteiger partial charge in [0.05, 0.1) is 16.7 Å². The van der Waals surface area contributed by atoms with Gasteiger partial charge in [-0.1, -0.05) is 0 Å². The number of rotatable bonds is 1. The summed E-state index contributed by atoms with van der Waals surface area (Å²) in [6.07, 6.45) is 6.15. The second kappa shape index (κ2) is 4.95. The van der Waals surface area contributed by atoms with Gasteiger partial charge in [0.15, 0.2) is 5.82 Å². The van der Waals surface area contributed by atoms with Crippen molar-refractivity contribution < 1.29 is 4.74 Å². The number of halogens is 1. The maximum atomic E-state index is 6.32. The maximum absolute atomic E-state index is 6.32. The number of fused-ring (bicyclic) bond motifs is 3. The Hall–Kier alpha value is -1.60. The first-order valence-electron chi connectivity index (χ1n) is 8.08. The third kappa shape index (κ3) is 2.10. The SMILES string of the molecule is Brc1ccc2c(NC3=NC[C@@]4(CN5CCC4CC5)O3)nccn12. The topological polar surface area (TPSA) is 54.2 Å². The third-order valence-electron chi connectivity index (χ3n) is 5.37. The van der Waals surface area contributed by atoms with Crippen molar-refractivity contribution in [1.82, 2.24) is 14.3 Å². The molecule has 0 aliphatic carbocycles. The highest BCUT2D eigenvalue weighted by atomic mass is 79.9. The summed E-state index contributed by atoms with van der Waals surface area (Å²) in [5.41, 5.74) is 0.882. The van der Waals surface area contributed by atoms with Crippen molar-refractivity contribution in [2.75, 3.05) is 31.5 Å². The summed E-state index contributed by atoms with van der Waals surface area (Å²) in [4.78, 5) is 11.6. The summed E-state index contributed by atoms with van der Waals surface area (Å²) in [5, 5.41) is 3.28. The Balaban J connectivity index is 1.39. The lowest BCUT2D eigenvalue weighted by molar-refractivity contribution is -0.0829. The van der Waals surface area contributed by atoms with Gasteiger partial charge in [-0.15, -0.1) is 0 Å². The van der Waals surface area contributed by atoms with Crippen LogP contribution in [0, 0.1) is 5.92 Å². The van der Waals surface area contributed by atoms with Crippen LogP contribution in [0.4, 0.5) is 5.82 Å². The molecule has 7 heteroatoms. The van der Waals surface area contributed by atoms with Gasteiger partial charge in [-0.3, -0.25) is 10.2 Å². The van der Waals surface area contributed by atoms with Crippen molar-refractivity contribution >= 4 is 33.3 Å². The molecule has 0 unspecified atom stereocenters. The Labute approximate surface area is 142 Å². The van der Waals surface area contributed by atoms with Crippen molar-refractivity contribution in [3.05, 3.63) is 29.1 Å². The highest BCUT2D eigenvalue weighted by Gasteiger charge is 2.51. The summed E-state index contributed by atoms with van der Waals surface area (Å²) in [7, 11) is 0. The predicted molar refractivity (Wildman–Crippen MR) is 91.8 cm³/mol. The van der Waals surface area contributed by atoms with Gasteiger partial charge in [-0.05, 0) is 54.0 Å². The van der Waals surface area contributed by atoms with E-state index in [9.17, 15) is 0 Å². The summed E-state index contributed by atoms with van der Waals surface area (Å²) in [5.74, 6) is 1.40. The van der Waals surface area contributed by atoms with Crippen LogP contribution in [0.1, 0.15) is 12.8 Å². The number of hydrogen-bond acceptors (Lipinski definition) is 5. The molecule has 0 aromatic carbocycles. The molecule has 120 valence electrons. The first-order valence-corrected chi connectivity index (χ1v) is 8.87. The Bertz CT molecular complexity index is 795. The van der Waals surface area contributed by atoms with Gasteiger partial charge in [0.25, 0.3) is 6.02 Å². The van der Waals surface area contributed by atoms with Crippen LogP contribution >= 0.6 is 15.9 Å². The molecule has 0 saturated carbocycles. The van der Waals surface area contributed by atoms with Gasteiger partial charge in [0.1, 0.15) is 5.60 Å². The van der Waals surface area contributed by atoms with Crippen LogP contribution in [0.3, 0.4) is 0 Å². The first kappa shape index (κ1) is 13.8. The molecule has 6 heterocycles. The molecule has 3 fully saturated rings. The number of anilines is 1. The van der Waals surface area contributed by atoms with Crippen molar-refractivity contribution in [2.24, 2.45) is 10.9 Å². The Kier molecular flexibility index (Phi) is 2.97. The minimum Gasteiger partial charge on any atom is -0.455 e. The minimum atomic E-state index is -0.119. The van der Waals surface area contributed by atoms with E-state index in [1.807, 2.05) is 22.7 Å². The van der Waals surface area contributed by atoms with E-state index in [0.29, 0.717) is 11.9 Å². The van der Waals surface area contributed by atoms with E-state index in [1.165, 1.54) is 25.9 Å². The standard InChI is InChI=1S/C16H18BrN5O/c17-13-2-1-12-14(18-5-8-22(12)13)20-15-19-9-16(23-15)10-21-6-3-11(16)4-7-21/h1-2,5,8,11H,3-4,6-7,9-10H2,(H,18,19,20)/t16-/m0/s1. The second-order valence-electron chi connectivity index (χ2n) is 6.65. The molecule has 0 amide bonds. The molecule has 4 aliphatic rings. The predicted octanol–water partition coefficient (Wildman–Crippen LogP) is 2.36. The highest BCUT2D eigenvalue weighted by molar-refractivity contribution is 9.10. The fourth-order valence-electron chi connectivity index (χ4n) is 4.15. The number of aliphatic imine (C=N–C) groups is 1. The van der Waals surface area contributed by atoms with E-state index in [-0.39, 0.29) is 5.60 Å². The number of nitrogens with one attached hydrogen (secondary N) is 1. The normalized spacial score (nSPS) is 32.3. The average Bonchev–Trinajstić information content (AvgIpc) is 3.14. The zero-order chi connectivity index (χ0) is 15.4. The van der Waals surface area contributed by atoms with E-state index in [1.54, 1.807) is 6.20 Å². The van der Waals surface area contributed by atoms with Crippen LogP contribution in [-0.4, -0.2) is 52.1 Å². The third-order valence-corrected chi connectivity index (χ3v) is 6.02. The van der Waals surface area contributed by atoms with E-state index in [2.05, 4.69) is 36.1 Å². The van der Waals surface area contributed by atoms with E-state index < -0.39 is 0 Å². The Morgan fingerprint density at radius 3 is 2.96 bits per heavy atom. The fourth-order valence-corrected chi connectivity index (χ4v) is 4.59. The molecular formula is C16H18BrN5O. The summed E-state index contributed by atoms with van der Waals surface area (Å²) in [6, 6.07) is 4.64. The lowest BCUT2D eigenvalue weighted by Gasteiger charge is -2.50. The van der Waals surface area contributed by atoms with Crippen LogP contribution in [0.5, 0.6) is 0 Å². The van der Waals surface area contributed by atoms with Gasteiger partial charge in [-0.2, -0.15) is 0 Å². The summed E-state index contributed by atoms with van der Waals surface area (Å²) in [6.45, 7) is 4.17. The number of amidine groups is 1. The Morgan fingerprint density at radius 2 is 2.17 bits per heavy atom. The average molecular weight is 376 g/mol. The van der Waals surface area contributed by atoms with Crippen molar-refractivity contribution in [2.45, 2.75) is 18.4 Å². The lowest BCUT2D eigenvalue weighted by atomic mass is 9.75. The molecule has 6 rings (SSSR count). The monoisotopic (exact) mass is 375 g/mol. The molecule has 3 saturated heterocycles. The number of hydrogen-bond donors (Lipinski definition) is 1. The smallest absolute Gasteiger partial charge is 0.291 e. The molecule has 4 aliphatic heterocycles. The molecule has 23 heavy (non-hydrogen) atoms. The second-order valence-corrected chi connectivity index (χ2v) is 7.46. The number of piperidine rings is 3. The molecule has 0 radical (unpaired) electrons. The van der Waals surface area contributed by atoms with E-state index in [0.717, 1.165) is 29.0 Å². The van der Waals surface area contributed by atoms with Gasteiger partial charge in [0.2, 0.25) is 0 Å². The van der Waals surface area contributed by atoms with Crippen LogP contribution in [0.25, 0.3) is 5.52 Å². The quantitative estimate of drug-likeness (QED) is 0.831. The van der Waals surface area contributed by atoms with E-state index in [4.69, 9.17) is 4.74 Å². The van der Waals surface area contributed by atoms with Gasteiger partial charge in [0, 0.05) is 24.9 Å². The number of ether oxygens (including phenoxy) is 1. The molecule has 1 N–H and O–H groups in total. The molecule has 1 atom stereocenters. The van der Waals surface area contributed by atoms with Crippen LogP contribution in [0.2, 0.25) is 0 Å². The molecule has 2 aromatic rings. The zero-order valence-corrected chi connectivity index (χ0v) is 14.3. The molecule has 6 nitrogen and oxygen atoms in total. The molecule has 2 aromatic heterocycles. The number of aromatic nitrogens is 2. The van der Waals surface area contributed by atoms with Crippen molar-refractivity contribution in [3.63, 3.8) is 0 Å². The molecular weight excluding hydrogens is 358 g/mol. The minimum absolute atomic E-state index is 0.119. The van der Waals surface area contributed by atoms with Crippen LogP contribution in [0.15, 0.2) is 34.1 Å². The van der Waals surface area contributed by atoms with Gasteiger partial charge < -0.3 is 9.14 Å². The molecule has 1 spiro atoms. The maximum Gasteiger partial charge on any atom is 0.291 e. The lowest BCUT2D eigenvalue weighted by Crippen LogP contribution is -2.61. The van der Waals surface area contributed by atoms with E-state index >= 15 is 0 Å². The summed E-state index contributed by atoms with van der Waals surface area (Å²) >= 11 is 3.53. The van der Waals surface area contributed by atoms with Crippen LogP contribution in [-0.2, 0) is 4.74 Å². The zero-order valence-electron chi connectivity index (χ0n) is 12.7. The summed E-state index contributed by atoms with van der Waals surface area (Å²) < 4.78 is 9.36. The largest absolute Gasteiger partial charge is 0.455 e. The first-order chi connectivity index (χ1) is 11.2.